The van der Waals surface area contributed by atoms with Crippen LogP contribution in [0.1, 0.15) is 52.7 Å². The van der Waals surface area contributed by atoms with Crippen molar-refractivity contribution in [3.8, 4) is 16.9 Å². The highest BCUT2D eigenvalue weighted by atomic mass is 16.3. The summed E-state index contributed by atoms with van der Waals surface area (Å²) in [5.74, 6) is 1.20. The molecular formula is C38H42N4O3. The van der Waals surface area contributed by atoms with E-state index in [-0.39, 0.29) is 17.6 Å². The molecule has 45 heavy (non-hydrogen) atoms. The highest BCUT2D eigenvalue weighted by Crippen LogP contribution is 2.28. The summed E-state index contributed by atoms with van der Waals surface area (Å²) in [4.78, 5) is 32.4. The smallest absolute Gasteiger partial charge is 0.251 e. The molecule has 1 aromatic heterocycles. The number of rotatable bonds is 12. The van der Waals surface area contributed by atoms with Gasteiger partial charge in [0, 0.05) is 43.7 Å². The molecule has 0 unspecified atom stereocenters. The molecule has 0 atom stereocenters. The zero-order chi connectivity index (χ0) is 31.4. The summed E-state index contributed by atoms with van der Waals surface area (Å²) in [6.07, 6.45) is 11.9. The molecular weight excluding hydrogens is 560 g/mol. The molecule has 5 rings (SSSR count). The molecule has 7 nitrogen and oxygen atoms in total. The Morgan fingerprint density at radius 2 is 1.62 bits per heavy atom. The molecule has 7 heteroatoms. The number of amides is 2. The fourth-order valence-electron chi connectivity index (χ4n) is 5.86. The van der Waals surface area contributed by atoms with Crippen molar-refractivity contribution >= 4 is 17.9 Å². The minimum Gasteiger partial charge on any atom is -0.508 e. The quantitative estimate of drug-likeness (QED) is 0.167. The third-order valence-electron chi connectivity index (χ3n) is 8.63. The van der Waals surface area contributed by atoms with Gasteiger partial charge in [0.2, 0.25) is 5.91 Å². The van der Waals surface area contributed by atoms with Crippen LogP contribution in [0.3, 0.4) is 0 Å². The van der Waals surface area contributed by atoms with Crippen LogP contribution in [0.15, 0.2) is 103 Å². The molecule has 4 N–H and O–H groups in total. The number of aromatic hydroxyl groups is 1. The molecule has 0 aliphatic heterocycles. The third-order valence-corrected chi connectivity index (χ3v) is 8.63. The van der Waals surface area contributed by atoms with Gasteiger partial charge < -0.3 is 21.1 Å². The molecule has 232 valence electrons. The number of carbonyl (C=O) groups is 2. The van der Waals surface area contributed by atoms with Crippen LogP contribution in [0.4, 0.5) is 0 Å². The van der Waals surface area contributed by atoms with Crippen molar-refractivity contribution in [3.63, 3.8) is 0 Å². The van der Waals surface area contributed by atoms with E-state index in [1.54, 1.807) is 36.7 Å². The van der Waals surface area contributed by atoms with Gasteiger partial charge in [0.25, 0.3) is 5.91 Å². The highest BCUT2D eigenvalue weighted by Gasteiger charge is 2.21. The number of nitrogens with one attached hydrogen (secondary N) is 1. The minimum absolute atomic E-state index is 0.0552. The molecule has 0 bridgehead atoms. The van der Waals surface area contributed by atoms with E-state index in [0.29, 0.717) is 43.5 Å². The number of nitrogens with two attached hydrogens (primary N) is 1. The normalized spacial score (nSPS) is 16.4. The second-order valence-electron chi connectivity index (χ2n) is 11.9. The Bertz CT molecular complexity index is 1580. The van der Waals surface area contributed by atoms with E-state index >= 15 is 0 Å². The largest absolute Gasteiger partial charge is 0.508 e. The van der Waals surface area contributed by atoms with Crippen molar-refractivity contribution in [3.05, 3.63) is 126 Å². The van der Waals surface area contributed by atoms with Crippen molar-refractivity contribution < 1.29 is 14.7 Å². The molecule has 1 aliphatic rings. The first-order chi connectivity index (χ1) is 22.0. The zero-order valence-corrected chi connectivity index (χ0v) is 25.6. The van der Waals surface area contributed by atoms with Crippen LogP contribution in [-0.4, -0.2) is 46.4 Å². The van der Waals surface area contributed by atoms with E-state index in [2.05, 4.69) is 16.4 Å². The highest BCUT2D eigenvalue weighted by molar-refractivity contribution is 5.95. The second kappa shape index (κ2) is 15.8. The lowest BCUT2D eigenvalue weighted by atomic mass is 9.82. The summed E-state index contributed by atoms with van der Waals surface area (Å²) in [7, 11) is 0. The van der Waals surface area contributed by atoms with E-state index in [1.807, 2.05) is 71.6 Å². The number of hydrogen-bond acceptors (Lipinski definition) is 5. The van der Waals surface area contributed by atoms with Crippen molar-refractivity contribution in [1.29, 1.82) is 0 Å². The van der Waals surface area contributed by atoms with Crippen LogP contribution in [0.2, 0.25) is 0 Å². The average molecular weight is 603 g/mol. The van der Waals surface area contributed by atoms with Gasteiger partial charge in [0.05, 0.1) is 0 Å². The number of nitrogens with zero attached hydrogens (tertiary/aromatic N) is 2. The fraction of sp³-hybridized carbons (Fsp3) is 0.289. The van der Waals surface area contributed by atoms with Crippen LogP contribution < -0.4 is 11.1 Å². The number of phenolic OH excluding ortho intramolecular Hbond substituents is 1. The standard InChI is InChI=1S/C38H42N4O3/c39-24-29-9-11-31(12-10-29)26-41-38(45)35-8-2-7-34(23-35)33-6-1-4-32(22-33)27-42(21-19-28-13-16-36(43)17-14-28)37(44)18-15-30-5-3-20-40-25-30/h1-8,13-18,20,22-23,25,29,31,43H,9-12,19,21,24,26-27,39H2,(H,41,45). The Balaban J connectivity index is 1.27. The first-order valence-corrected chi connectivity index (χ1v) is 15.8. The zero-order valence-electron chi connectivity index (χ0n) is 25.6. The van der Waals surface area contributed by atoms with E-state index in [9.17, 15) is 14.7 Å². The van der Waals surface area contributed by atoms with Gasteiger partial charge in [-0.1, -0.05) is 48.5 Å². The van der Waals surface area contributed by atoms with Gasteiger partial charge in [0.1, 0.15) is 5.75 Å². The maximum absolute atomic E-state index is 13.4. The number of hydrogen-bond donors (Lipinski definition) is 3. The Morgan fingerprint density at radius 3 is 2.36 bits per heavy atom. The van der Waals surface area contributed by atoms with E-state index < -0.39 is 0 Å². The number of aromatic nitrogens is 1. The Labute approximate surface area is 265 Å². The van der Waals surface area contributed by atoms with Gasteiger partial charge in [-0.05, 0) is 121 Å². The van der Waals surface area contributed by atoms with Gasteiger partial charge in [0.15, 0.2) is 0 Å². The monoisotopic (exact) mass is 602 g/mol. The second-order valence-corrected chi connectivity index (χ2v) is 11.9. The molecule has 2 amide bonds. The summed E-state index contributed by atoms with van der Waals surface area (Å²) in [6.45, 7) is 2.38. The van der Waals surface area contributed by atoms with Crippen molar-refractivity contribution in [1.82, 2.24) is 15.2 Å². The number of carbonyl (C=O) groups excluding carboxylic acids is 2. The first-order valence-electron chi connectivity index (χ1n) is 15.8. The van der Waals surface area contributed by atoms with Crippen molar-refractivity contribution in [2.45, 2.75) is 38.6 Å². The van der Waals surface area contributed by atoms with E-state index in [1.165, 1.54) is 0 Å². The van der Waals surface area contributed by atoms with E-state index in [0.717, 1.165) is 60.0 Å². The topological polar surface area (TPSA) is 109 Å². The molecule has 1 heterocycles. The number of benzene rings is 3. The molecule has 3 aromatic carbocycles. The van der Waals surface area contributed by atoms with Gasteiger partial charge in [-0.3, -0.25) is 14.6 Å². The molecule has 1 saturated carbocycles. The summed E-state index contributed by atoms with van der Waals surface area (Å²) >= 11 is 0. The predicted molar refractivity (Wildman–Crippen MR) is 179 cm³/mol. The maximum atomic E-state index is 13.4. The average Bonchev–Trinajstić information content (AvgIpc) is 3.09. The van der Waals surface area contributed by atoms with Gasteiger partial charge >= 0.3 is 0 Å². The third kappa shape index (κ3) is 9.37. The fourth-order valence-corrected chi connectivity index (χ4v) is 5.86. The minimum atomic E-state index is -0.0989. The summed E-state index contributed by atoms with van der Waals surface area (Å²) in [6, 6.07) is 26.6. The Kier molecular flexibility index (Phi) is 11.1. The van der Waals surface area contributed by atoms with Crippen molar-refractivity contribution in [2.75, 3.05) is 19.6 Å². The van der Waals surface area contributed by atoms with Gasteiger partial charge in [-0.25, -0.2) is 0 Å². The van der Waals surface area contributed by atoms with Crippen molar-refractivity contribution in [2.24, 2.45) is 17.6 Å². The Hall–Kier alpha value is -4.75. The lowest BCUT2D eigenvalue weighted by molar-refractivity contribution is -0.126. The Morgan fingerprint density at radius 1 is 0.889 bits per heavy atom. The maximum Gasteiger partial charge on any atom is 0.251 e. The summed E-state index contributed by atoms with van der Waals surface area (Å²) in [5, 5.41) is 12.8. The predicted octanol–water partition coefficient (Wildman–Crippen LogP) is 6.23. The van der Waals surface area contributed by atoms with Crippen LogP contribution in [0.5, 0.6) is 5.75 Å². The van der Waals surface area contributed by atoms with Crippen LogP contribution in [0, 0.1) is 11.8 Å². The molecule has 1 aliphatic carbocycles. The van der Waals surface area contributed by atoms with Gasteiger partial charge in [-0.15, -0.1) is 0 Å². The molecule has 0 radical (unpaired) electrons. The van der Waals surface area contributed by atoms with Crippen LogP contribution in [-0.2, 0) is 17.8 Å². The van der Waals surface area contributed by atoms with Crippen LogP contribution in [0.25, 0.3) is 17.2 Å². The molecule has 0 spiro atoms. The lowest BCUT2D eigenvalue weighted by Crippen LogP contribution is -2.32. The molecule has 4 aromatic rings. The first kappa shape index (κ1) is 31.7. The van der Waals surface area contributed by atoms with Gasteiger partial charge in [-0.2, -0.15) is 0 Å². The van der Waals surface area contributed by atoms with E-state index in [4.69, 9.17) is 5.73 Å². The SMILES string of the molecule is NCC1CCC(CNC(=O)c2cccc(-c3cccc(CN(CCc4ccc(O)cc4)C(=O)C=Cc4cccnc4)c3)c2)CC1. The number of pyridine rings is 1. The molecule has 1 fully saturated rings. The molecule has 0 saturated heterocycles. The number of phenols is 1. The van der Waals surface area contributed by atoms with Crippen LogP contribution >= 0.6 is 0 Å². The lowest BCUT2D eigenvalue weighted by Gasteiger charge is -2.27. The summed E-state index contributed by atoms with van der Waals surface area (Å²) < 4.78 is 0. The summed E-state index contributed by atoms with van der Waals surface area (Å²) in [5.41, 5.74) is 11.3.